The van der Waals surface area contributed by atoms with Gasteiger partial charge in [0, 0.05) is 30.1 Å². The van der Waals surface area contributed by atoms with Gasteiger partial charge in [0.15, 0.2) is 0 Å². The number of hydrogen-bond donors (Lipinski definition) is 0. The Bertz CT molecular complexity index is 999. The Kier molecular flexibility index (Phi) is 4.70. The first-order chi connectivity index (χ1) is 13.0. The van der Waals surface area contributed by atoms with E-state index in [1.165, 1.54) is 5.56 Å². The summed E-state index contributed by atoms with van der Waals surface area (Å²) in [6, 6.07) is 13.7. The van der Waals surface area contributed by atoms with E-state index in [-0.39, 0.29) is 11.8 Å². The molecule has 1 aliphatic rings. The van der Waals surface area contributed by atoms with Crippen LogP contribution >= 0.6 is 11.6 Å². The van der Waals surface area contributed by atoms with E-state index in [1.807, 2.05) is 43.3 Å². The Balaban J connectivity index is 1.51. The lowest BCUT2D eigenvalue weighted by molar-refractivity contribution is -0.128. The summed E-state index contributed by atoms with van der Waals surface area (Å²) in [5.74, 6) is 1.07. The molecule has 5 nitrogen and oxygen atoms in total. The second-order valence-electron chi connectivity index (χ2n) is 7.04. The number of aryl methyl sites for hydroxylation is 2. The molecule has 1 unspecified atom stereocenters. The van der Waals surface area contributed by atoms with Gasteiger partial charge in [-0.15, -0.1) is 0 Å². The van der Waals surface area contributed by atoms with Gasteiger partial charge < -0.3 is 9.42 Å². The highest BCUT2D eigenvalue weighted by atomic mass is 35.5. The van der Waals surface area contributed by atoms with Gasteiger partial charge in [0.25, 0.3) is 0 Å². The second-order valence-corrected chi connectivity index (χ2v) is 7.45. The first-order valence-corrected chi connectivity index (χ1v) is 9.31. The fourth-order valence-electron chi connectivity index (χ4n) is 3.50. The third kappa shape index (κ3) is 3.60. The van der Waals surface area contributed by atoms with Crippen LogP contribution in [0.25, 0.3) is 11.4 Å². The molecule has 27 heavy (non-hydrogen) atoms. The maximum atomic E-state index is 12.4. The number of halogens is 1. The van der Waals surface area contributed by atoms with Crippen molar-refractivity contribution < 1.29 is 9.32 Å². The molecule has 1 atom stereocenters. The minimum Gasteiger partial charge on any atom is -0.339 e. The van der Waals surface area contributed by atoms with Crippen molar-refractivity contribution in [2.45, 2.75) is 32.7 Å². The molecule has 0 saturated carbocycles. The third-order valence-corrected chi connectivity index (χ3v) is 5.32. The van der Waals surface area contributed by atoms with Crippen LogP contribution in [0.15, 0.2) is 47.0 Å². The van der Waals surface area contributed by atoms with Gasteiger partial charge in [-0.2, -0.15) is 4.98 Å². The molecule has 1 saturated heterocycles. The van der Waals surface area contributed by atoms with Gasteiger partial charge in [-0.25, -0.2) is 0 Å². The maximum absolute atomic E-state index is 12.4. The molecule has 4 rings (SSSR count). The zero-order valence-electron chi connectivity index (χ0n) is 15.3. The zero-order chi connectivity index (χ0) is 19.0. The van der Waals surface area contributed by atoms with Crippen LogP contribution in [0.1, 0.15) is 34.9 Å². The van der Waals surface area contributed by atoms with E-state index in [4.69, 9.17) is 16.1 Å². The van der Waals surface area contributed by atoms with Crippen molar-refractivity contribution >= 4 is 17.5 Å². The Morgan fingerprint density at radius 2 is 2.04 bits per heavy atom. The van der Waals surface area contributed by atoms with E-state index < -0.39 is 0 Å². The van der Waals surface area contributed by atoms with E-state index in [1.54, 1.807) is 4.90 Å². The first kappa shape index (κ1) is 17.7. The molecule has 3 aromatic rings. The van der Waals surface area contributed by atoms with Crippen LogP contribution in [0.4, 0.5) is 0 Å². The minimum absolute atomic E-state index is 0.0752. The number of benzene rings is 2. The molecule has 1 aromatic heterocycles. The summed E-state index contributed by atoms with van der Waals surface area (Å²) in [6.45, 7) is 5.13. The molecular formula is C21H20ClN3O2. The van der Waals surface area contributed by atoms with Gasteiger partial charge >= 0.3 is 0 Å². The largest absolute Gasteiger partial charge is 0.339 e. The Hall–Kier alpha value is -2.66. The summed E-state index contributed by atoms with van der Waals surface area (Å²) in [5, 5.41) is 4.80. The average Bonchev–Trinajstić information content (AvgIpc) is 3.24. The lowest BCUT2D eigenvalue weighted by atomic mass is 10.1. The number of nitrogens with zero attached hydrogens (tertiary/aromatic N) is 3. The molecule has 0 aliphatic carbocycles. The van der Waals surface area contributed by atoms with E-state index in [0.717, 1.165) is 16.7 Å². The van der Waals surface area contributed by atoms with Gasteiger partial charge in [0.1, 0.15) is 0 Å². The normalized spacial score (nSPS) is 16.9. The van der Waals surface area contributed by atoms with Gasteiger partial charge in [-0.05, 0) is 31.0 Å². The molecule has 138 valence electrons. The molecule has 0 N–H and O–H groups in total. The zero-order valence-corrected chi connectivity index (χ0v) is 16.0. The van der Waals surface area contributed by atoms with E-state index in [0.29, 0.717) is 36.2 Å². The smallest absolute Gasteiger partial charge is 0.232 e. The summed E-state index contributed by atoms with van der Waals surface area (Å²) in [5.41, 5.74) is 4.18. The fraction of sp³-hybridized carbons (Fsp3) is 0.286. The molecule has 6 heteroatoms. The lowest BCUT2D eigenvalue weighted by Gasteiger charge is -2.16. The van der Waals surface area contributed by atoms with E-state index in [9.17, 15) is 4.79 Å². The number of aromatic nitrogens is 2. The molecule has 0 bridgehead atoms. The van der Waals surface area contributed by atoms with Crippen LogP contribution < -0.4 is 0 Å². The summed E-state index contributed by atoms with van der Waals surface area (Å²) in [4.78, 5) is 18.8. The van der Waals surface area contributed by atoms with Crippen molar-refractivity contribution in [3.05, 3.63) is 70.1 Å². The van der Waals surface area contributed by atoms with Gasteiger partial charge in [0.05, 0.1) is 5.92 Å². The van der Waals surface area contributed by atoms with Crippen LogP contribution in [0, 0.1) is 13.8 Å². The third-order valence-electron chi connectivity index (χ3n) is 4.95. The van der Waals surface area contributed by atoms with Crippen molar-refractivity contribution in [1.29, 1.82) is 0 Å². The predicted molar refractivity (Wildman–Crippen MR) is 103 cm³/mol. The monoisotopic (exact) mass is 381 g/mol. The molecule has 1 amide bonds. The van der Waals surface area contributed by atoms with Crippen LogP contribution in [0.2, 0.25) is 5.02 Å². The summed E-state index contributed by atoms with van der Waals surface area (Å²) in [7, 11) is 0. The molecule has 2 aromatic carbocycles. The molecule has 1 fully saturated rings. The maximum Gasteiger partial charge on any atom is 0.232 e. The number of rotatable bonds is 4. The quantitative estimate of drug-likeness (QED) is 0.666. The molecular weight excluding hydrogens is 362 g/mol. The molecule has 1 aliphatic heterocycles. The Labute approximate surface area is 163 Å². The number of amides is 1. The molecule has 0 spiro atoms. The first-order valence-electron chi connectivity index (χ1n) is 8.93. The SMILES string of the molecule is Cc1ccc(-c2noc(C3CC(=O)N(Cc4ccccc4Cl)C3)n2)c(C)c1. The molecule has 2 heterocycles. The lowest BCUT2D eigenvalue weighted by Crippen LogP contribution is -2.24. The highest BCUT2D eigenvalue weighted by Gasteiger charge is 2.34. The van der Waals surface area contributed by atoms with Crippen molar-refractivity contribution in [3.8, 4) is 11.4 Å². The van der Waals surface area contributed by atoms with Crippen LogP contribution in [0.5, 0.6) is 0 Å². The number of hydrogen-bond acceptors (Lipinski definition) is 4. The Morgan fingerprint density at radius 1 is 1.22 bits per heavy atom. The highest BCUT2D eigenvalue weighted by molar-refractivity contribution is 6.31. The van der Waals surface area contributed by atoms with Crippen molar-refractivity contribution in [2.75, 3.05) is 6.54 Å². The second kappa shape index (κ2) is 7.16. The predicted octanol–water partition coefficient (Wildman–Crippen LogP) is 4.52. The van der Waals surface area contributed by atoms with Crippen LogP contribution in [-0.4, -0.2) is 27.5 Å². The summed E-state index contributed by atoms with van der Waals surface area (Å²) in [6.07, 6.45) is 0.374. The fourth-order valence-corrected chi connectivity index (χ4v) is 3.69. The van der Waals surface area contributed by atoms with Crippen molar-refractivity contribution in [3.63, 3.8) is 0 Å². The molecule has 0 radical (unpaired) electrons. The van der Waals surface area contributed by atoms with Crippen LogP contribution in [-0.2, 0) is 11.3 Å². The van der Waals surface area contributed by atoms with E-state index >= 15 is 0 Å². The van der Waals surface area contributed by atoms with Gasteiger partial charge in [-0.3, -0.25) is 4.79 Å². The minimum atomic E-state index is -0.0907. The van der Waals surface area contributed by atoms with Crippen molar-refractivity contribution in [1.82, 2.24) is 15.0 Å². The van der Waals surface area contributed by atoms with Gasteiger partial charge in [0.2, 0.25) is 17.6 Å². The highest BCUT2D eigenvalue weighted by Crippen LogP contribution is 2.31. The number of carbonyl (C=O) groups excluding carboxylic acids is 1. The number of likely N-dealkylation sites (tertiary alicyclic amines) is 1. The van der Waals surface area contributed by atoms with E-state index in [2.05, 4.69) is 23.1 Å². The number of carbonyl (C=O) groups is 1. The Morgan fingerprint density at radius 3 is 2.81 bits per heavy atom. The topological polar surface area (TPSA) is 59.2 Å². The van der Waals surface area contributed by atoms with Gasteiger partial charge in [-0.1, -0.05) is 58.7 Å². The summed E-state index contributed by atoms with van der Waals surface area (Å²) < 4.78 is 5.49. The average molecular weight is 382 g/mol. The summed E-state index contributed by atoms with van der Waals surface area (Å²) >= 11 is 6.22. The van der Waals surface area contributed by atoms with Crippen molar-refractivity contribution in [2.24, 2.45) is 0 Å². The standard InChI is InChI=1S/C21H20ClN3O2/c1-13-7-8-17(14(2)9-13)20-23-21(27-24-20)16-10-19(26)25(12-16)11-15-5-3-4-6-18(15)22/h3-9,16H,10-12H2,1-2H3. The van der Waals surface area contributed by atoms with Crippen LogP contribution in [0.3, 0.4) is 0 Å².